The minimum absolute atomic E-state index is 0.181. The number of hydrogen-bond donors (Lipinski definition) is 0. The molecular weight excluding hydrogens is 240 g/mol. The van der Waals surface area contributed by atoms with Crippen LogP contribution in [0.5, 0.6) is 0 Å². The first-order chi connectivity index (χ1) is 8.65. The van der Waals surface area contributed by atoms with Gasteiger partial charge in [-0.25, -0.2) is 0 Å². The third-order valence-electron chi connectivity index (χ3n) is 3.61. The predicted molar refractivity (Wildman–Crippen MR) is 75.7 cm³/mol. The second-order valence-corrected chi connectivity index (χ2v) is 6.29. The summed E-state index contributed by atoms with van der Waals surface area (Å²) in [4.78, 5) is 14.6. The van der Waals surface area contributed by atoms with Gasteiger partial charge in [-0.1, -0.05) is 12.1 Å². The van der Waals surface area contributed by atoms with Gasteiger partial charge < -0.3 is 0 Å². The van der Waals surface area contributed by atoms with Crippen molar-refractivity contribution in [3.63, 3.8) is 0 Å². The van der Waals surface area contributed by atoms with Crippen molar-refractivity contribution in [3.05, 3.63) is 56.3 Å². The summed E-state index contributed by atoms with van der Waals surface area (Å²) in [6.07, 6.45) is 3.52. The Bertz CT molecular complexity index is 622. The number of carbonyl (C=O) groups is 1. The van der Waals surface area contributed by atoms with Gasteiger partial charge in [0, 0.05) is 10.4 Å². The maximum atomic E-state index is 12.5. The summed E-state index contributed by atoms with van der Waals surface area (Å²) in [5.41, 5.74) is 4.74. The number of benzene rings is 1. The van der Waals surface area contributed by atoms with Gasteiger partial charge in [-0.05, 0) is 61.9 Å². The lowest BCUT2D eigenvalue weighted by Gasteiger charge is -2.04. The SMILES string of the molecule is Cc1cc(C)c(C(=O)c2ccc3c(c2)CCC3)s1. The Hall–Kier alpha value is -1.41. The van der Waals surface area contributed by atoms with Crippen molar-refractivity contribution in [3.8, 4) is 0 Å². The van der Waals surface area contributed by atoms with Crippen LogP contribution < -0.4 is 0 Å². The van der Waals surface area contributed by atoms with Crippen LogP contribution in [0.2, 0.25) is 0 Å². The van der Waals surface area contributed by atoms with Crippen molar-refractivity contribution in [2.75, 3.05) is 0 Å². The second kappa shape index (κ2) is 4.36. The first-order valence-corrected chi connectivity index (χ1v) is 7.20. The quantitative estimate of drug-likeness (QED) is 0.740. The standard InChI is InChI=1S/C16H16OS/c1-10-8-11(2)18-16(10)15(17)14-7-6-12-4-3-5-13(12)9-14/h6-9H,3-5H2,1-2H3. The Morgan fingerprint density at radius 3 is 2.61 bits per heavy atom. The zero-order valence-corrected chi connectivity index (χ0v) is 11.6. The molecule has 3 rings (SSSR count). The highest BCUT2D eigenvalue weighted by Crippen LogP contribution is 2.27. The molecule has 1 nitrogen and oxygen atoms in total. The average Bonchev–Trinajstić information content (AvgIpc) is 2.93. The summed E-state index contributed by atoms with van der Waals surface area (Å²) in [7, 11) is 0. The monoisotopic (exact) mass is 256 g/mol. The molecule has 0 bridgehead atoms. The number of thiophene rings is 1. The van der Waals surface area contributed by atoms with Gasteiger partial charge in [-0.2, -0.15) is 0 Å². The molecular formula is C16H16OS. The Morgan fingerprint density at radius 1 is 1.11 bits per heavy atom. The van der Waals surface area contributed by atoms with Crippen molar-refractivity contribution in [2.45, 2.75) is 33.1 Å². The van der Waals surface area contributed by atoms with E-state index in [0.29, 0.717) is 0 Å². The predicted octanol–water partition coefficient (Wildman–Crippen LogP) is 4.08. The first-order valence-electron chi connectivity index (χ1n) is 6.38. The van der Waals surface area contributed by atoms with E-state index in [9.17, 15) is 4.79 Å². The van der Waals surface area contributed by atoms with Gasteiger partial charge in [0.15, 0.2) is 0 Å². The molecule has 0 radical (unpaired) electrons. The molecule has 2 aromatic rings. The Morgan fingerprint density at radius 2 is 1.89 bits per heavy atom. The molecule has 18 heavy (non-hydrogen) atoms. The van der Waals surface area contributed by atoms with E-state index in [1.165, 1.54) is 28.8 Å². The minimum atomic E-state index is 0.181. The molecule has 1 aliphatic carbocycles. The zero-order valence-electron chi connectivity index (χ0n) is 10.7. The van der Waals surface area contributed by atoms with Gasteiger partial charge in [0.25, 0.3) is 0 Å². The molecule has 0 atom stereocenters. The summed E-state index contributed by atoms with van der Waals surface area (Å²) >= 11 is 1.60. The van der Waals surface area contributed by atoms with Crippen molar-refractivity contribution in [1.82, 2.24) is 0 Å². The molecule has 1 aromatic carbocycles. The van der Waals surface area contributed by atoms with Crippen molar-refractivity contribution >= 4 is 17.1 Å². The number of fused-ring (bicyclic) bond motifs is 1. The van der Waals surface area contributed by atoms with Crippen LogP contribution in [0.4, 0.5) is 0 Å². The molecule has 0 saturated carbocycles. The fourth-order valence-electron chi connectivity index (χ4n) is 2.71. The molecule has 1 heterocycles. The molecule has 0 saturated heterocycles. The molecule has 0 unspecified atom stereocenters. The number of ketones is 1. The lowest BCUT2D eigenvalue weighted by molar-refractivity contribution is 0.104. The summed E-state index contributed by atoms with van der Waals surface area (Å²) < 4.78 is 0. The lowest BCUT2D eigenvalue weighted by Crippen LogP contribution is -2.01. The third kappa shape index (κ3) is 1.91. The van der Waals surface area contributed by atoms with Crippen LogP contribution in [0, 0.1) is 13.8 Å². The molecule has 0 aliphatic heterocycles. The van der Waals surface area contributed by atoms with E-state index in [1.54, 1.807) is 11.3 Å². The summed E-state index contributed by atoms with van der Waals surface area (Å²) in [6.45, 7) is 4.07. The molecule has 92 valence electrons. The van der Waals surface area contributed by atoms with Crippen LogP contribution in [0.15, 0.2) is 24.3 Å². The van der Waals surface area contributed by atoms with Gasteiger partial charge in [-0.15, -0.1) is 11.3 Å². The van der Waals surface area contributed by atoms with Crippen LogP contribution in [0.3, 0.4) is 0 Å². The van der Waals surface area contributed by atoms with E-state index in [2.05, 4.69) is 25.1 Å². The first kappa shape index (κ1) is 11.7. The van der Waals surface area contributed by atoms with Crippen molar-refractivity contribution in [2.24, 2.45) is 0 Å². The van der Waals surface area contributed by atoms with E-state index in [4.69, 9.17) is 0 Å². The lowest BCUT2D eigenvalue weighted by atomic mass is 10.0. The highest BCUT2D eigenvalue weighted by atomic mass is 32.1. The maximum absolute atomic E-state index is 12.5. The van der Waals surface area contributed by atoms with Crippen LogP contribution in [0.25, 0.3) is 0 Å². The smallest absolute Gasteiger partial charge is 0.203 e. The van der Waals surface area contributed by atoms with Crippen molar-refractivity contribution in [1.29, 1.82) is 0 Å². The van der Waals surface area contributed by atoms with Crippen LogP contribution in [0.1, 0.15) is 43.2 Å². The van der Waals surface area contributed by atoms with E-state index in [1.807, 2.05) is 13.0 Å². The number of hydrogen-bond acceptors (Lipinski definition) is 2. The Balaban J connectivity index is 2.00. The summed E-state index contributed by atoms with van der Waals surface area (Å²) in [5, 5.41) is 0. The fraction of sp³-hybridized carbons (Fsp3) is 0.312. The largest absolute Gasteiger partial charge is 0.288 e. The summed E-state index contributed by atoms with van der Waals surface area (Å²) in [6, 6.07) is 8.30. The topological polar surface area (TPSA) is 17.1 Å². The van der Waals surface area contributed by atoms with E-state index in [0.717, 1.165) is 22.4 Å². The average molecular weight is 256 g/mol. The van der Waals surface area contributed by atoms with Crippen LogP contribution in [-0.2, 0) is 12.8 Å². The molecule has 0 N–H and O–H groups in total. The van der Waals surface area contributed by atoms with Crippen molar-refractivity contribution < 1.29 is 4.79 Å². The Labute approximate surface area is 111 Å². The number of aryl methyl sites for hydroxylation is 4. The summed E-state index contributed by atoms with van der Waals surface area (Å²) in [5.74, 6) is 0.181. The van der Waals surface area contributed by atoms with Gasteiger partial charge in [0.2, 0.25) is 5.78 Å². The van der Waals surface area contributed by atoms with Gasteiger partial charge in [0.05, 0.1) is 4.88 Å². The minimum Gasteiger partial charge on any atom is -0.288 e. The number of carbonyl (C=O) groups excluding carboxylic acids is 1. The maximum Gasteiger partial charge on any atom is 0.203 e. The second-order valence-electron chi connectivity index (χ2n) is 5.04. The Kier molecular flexibility index (Phi) is 2.83. The highest BCUT2D eigenvalue weighted by Gasteiger charge is 2.17. The molecule has 2 heteroatoms. The third-order valence-corrected chi connectivity index (χ3v) is 4.76. The molecule has 0 amide bonds. The molecule has 0 spiro atoms. The number of rotatable bonds is 2. The van der Waals surface area contributed by atoms with Gasteiger partial charge in [0.1, 0.15) is 0 Å². The molecule has 0 fully saturated rings. The van der Waals surface area contributed by atoms with E-state index >= 15 is 0 Å². The molecule has 1 aromatic heterocycles. The van der Waals surface area contributed by atoms with Crippen LogP contribution >= 0.6 is 11.3 Å². The zero-order chi connectivity index (χ0) is 12.7. The normalized spacial score (nSPS) is 13.7. The molecule has 1 aliphatic rings. The van der Waals surface area contributed by atoms with Crippen LogP contribution in [-0.4, -0.2) is 5.78 Å². The highest BCUT2D eigenvalue weighted by molar-refractivity contribution is 7.14. The van der Waals surface area contributed by atoms with Gasteiger partial charge >= 0.3 is 0 Å². The van der Waals surface area contributed by atoms with E-state index in [-0.39, 0.29) is 5.78 Å². The fourth-order valence-corrected chi connectivity index (χ4v) is 3.70. The van der Waals surface area contributed by atoms with Gasteiger partial charge in [-0.3, -0.25) is 4.79 Å². The van der Waals surface area contributed by atoms with E-state index < -0.39 is 0 Å².